The molecule has 0 spiro atoms. The topological polar surface area (TPSA) is 75.7 Å². The van der Waals surface area contributed by atoms with Gasteiger partial charge >= 0.3 is 17.8 Å². The van der Waals surface area contributed by atoms with Crippen molar-refractivity contribution in [3.05, 3.63) is 29.8 Å². The summed E-state index contributed by atoms with van der Waals surface area (Å²) in [5, 5.41) is 2.51. The minimum atomic E-state index is -0.779. The van der Waals surface area contributed by atoms with Crippen LogP contribution in [-0.2, 0) is 14.3 Å². The Labute approximate surface area is 136 Å². The van der Waals surface area contributed by atoms with Crippen molar-refractivity contribution < 1.29 is 19.1 Å². The van der Waals surface area contributed by atoms with Gasteiger partial charge in [-0.25, -0.2) is 4.79 Å². The van der Waals surface area contributed by atoms with E-state index in [1.165, 1.54) is 4.90 Å². The third kappa shape index (κ3) is 4.81. The van der Waals surface area contributed by atoms with E-state index in [4.69, 9.17) is 4.74 Å². The van der Waals surface area contributed by atoms with Crippen molar-refractivity contribution in [3.63, 3.8) is 0 Å². The number of benzene rings is 1. The molecule has 6 heteroatoms. The number of carbonyl (C=O) groups excluding carboxylic acids is 3. The van der Waals surface area contributed by atoms with Crippen LogP contribution in [0.4, 0.5) is 5.69 Å². The van der Waals surface area contributed by atoms with Crippen molar-refractivity contribution in [1.29, 1.82) is 0 Å². The van der Waals surface area contributed by atoms with Crippen molar-refractivity contribution in [3.8, 4) is 0 Å². The molecular formula is C17H24N2O4. The lowest BCUT2D eigenvalue weighted by Crippen LogP contribution is -2.50. The minimum Gasteiger partial charge on any atom is -0.462 e. The van der Waals surface area contributed by atoms with Gasteiger partial charge in [0.15, 0.2) is 0 Å². The predicted molar refractivity (Wildman–Crippen MR) is 88.2 cm³/mol. The summed E-state index contributed by atoms with van der Waals surface area (Å²) < 4.78 is 4.95. The number of nitrogens with one attached hydrogen (secondary N) is 1. The Balaban J connectivity index is 2.98. The first-order valence-corrected chi connectivity index (χ1v) is 7.61. The maximum atomic E-state index is 12.3. The molecule has 6 nitrogen and oxygen atoms in total. The molecule has 0 heterocycles. The van der Waals surface area contributed by atoms with Crippen LogP contribution >= 0.6 is 0 Å². The molecule has 1 aromatic carbocycles. The van der Waals surface area contributed by atoms with Crippen LogP contribution in [0.5, 0.6) is 0 Å². The van der Waals surface area contributed by atoms with Crippen LogP contribution in [0.15, 0.2) is 24.3 Å². The summed E-state index contributed by atoms with van der Waals surface area (Å²) in [4.78, 5) is 37.9. The van der Waals surface area contributed by atoms with E-state index >= 15 is 0 Å². The zero-order chi connectivity index (χ0) is 17.6. The molecule has 0 radical (unpaired) electrons. The van der Waals surface area contributed by atoms with Gasteiger partial charge in [0, 0.05) is 12.1 Å². The van der Waals surface area contributed by atoms with Crippen molar-refractivity contribution >= 4 is 23.5 Å². The average Bonchev–Trinajstić information content (AvgIpc) is 2.47. The first kappa shape index (κ1) is 18.7. The van der Waals surface area contributed by atoms with Gasteiger partial charge < -0.3 is 15.0 Å². The van der Waals surface area contributed by atoms with Gasteiger partial charge in [-0.15, -0.1) is 0 Å². The number of anilines is 1. The summed E-state index contributed by atoms with van der Waals surface area (Å²) >= 11 is 0. The smallest absolute Gasteiger partial charge is 0.340 e. The zero-order valence-corrected chi connectivity index (χ0v) is 14.3. The molecular weight excluding hydrogens is 296 g/mol. The highest BCUT2D eigenvalue weighted by Gasteiger charge is 2.30. The van der Waals surface area contributed by atoms with Crippen LogP contribution in [-0.4, -0.2) is 41.4 Å². The van der Waals surface area contributed by atoms with Crippen LogP contribution in [0.3, 0.4) is 0 Å². The van der Waals surface area contributed by atoms with E-state index in [0.29, 0.717) is 6.54 Å². The van der Waals surface area contributed by atoms with E-state index in [2.05, 4.69) is 5.32 Å². The van der Waals surface area contributed by atoms with E-state index < -0.39 is 23.3 Å². The largest absolute Gasteiger partial charge is 0.462 e. The van der Waals surface area contributed by atoms with Crippen LogP contribution in [0.1, 0.15) is 45.0 Å². The zero-order valence-electron chi connectivity index (χ0n) is 14.3. The Morgan fingerprint density at radius 1 is 1.13 bits per heavy atom. The number of carbonyl (C=O) groups is 3. The molecule has 0 bridgehead atoms. The summed E-state index contributed by atoms with van der Waals surface area (Å²) in [6.45, 7) is 9.72. The fourth-order valence-electron chi connectivity index (χ4n) is 2.20. The van der Waals surface area contributed by atoms with Crippen LogP contribution in [0.2, 0.25) is 0 Å². The highest BCUT2D eigenvalue weighted by Crippen LogP contribution is 2.18. The summed E-state index contributed by atoms with van der Waals surface area (Å²) in [6.07, 6.45) is 0. The summed E-state index contributed by atoms with van der Waals surface area (Å²) in [5.41, 5.74) is 0.00711. The highest BCUT2D eigenvalue weighted by molar-refractivity contribution is 6.40. The van der Waals surface area contributed by atoms with Gasteiger partial charge in [0.05, 0.1) is 17.9 Å². The number of hydrogen-bond donors (Lipinski definition) is 1. The third-order valence-electron chi connectivity index (χ3n) is 3.24. The van der Waals surface area contributed by atoms with Gasteiger partial charge in [0.25, 0.3) is 0 Å². The fourth-order valence-corrected chi connectivity index (χ4v) is 2.20. The molecule has 0 aliphatic heterocycles. The predicted octanol–water partition coefficient (Wildman–Crippen LogP) is 2.45. The lowest BCUT2D eigenvalue weighted by atomic mass is 10.1. The quantitative estimate of drug-likeness (QED) is 0.683. The van der Waals surface area contributed by atoms with Gasteiger partial charge in [-0.05, 0) is 46.8 Å². The number of amides is 2. The molecule has 0 aromatic heterocycles. The number of likely N-dealkylation sites (N-methyl/N-ethyl adjacent to an activating group) is 1. The van der Waals surface area contributed by atoms with Gasteiger partial charge in [0.1, 0.15) is 0 Å². The normalized spacial score (nSPS) is 10.8. The molecule has 0 aliphatic carbocycles. The Kier molecular flexibility index (Phi) is 6.30. The molecule has 0 saturated carbocycles. The van der Waals surface area contributed by atoms with E-state index in [9.17, 15) is 14.4 Å². The molecule has 1 aromatic rings. The number of hydrogen-bond acceptors (Lipinski definition) is 4. The van der Waals surface area contributed by atoms with Crippen molar-refractivity contribution in [2.45, 2.75) is 40.2 Å². The van der Waals surface area contributed by atoms with Gasteiger partial charge in [-0.3, -0.25) is 9.59 Å². The average molecular weight is 320 g/mol. The lowest BCUT2D eigenvalue weighted by Gasteiger charge is -2.34. The van der Waals surface area contributed by atoms with Gasteiger partial charge in [-0.2, -0.15) is 0 Å². The number of rotatable bonds is 4. The second-order valence-electron chi connectivity index (χ2n) is 5.94. The van der Waals surface area contributed by atoms with Gasteiger partial charge in [0.2, 0.25) is 0 Å². The van der Waals surface area contributed by atoms with E-state index in [1.54, 1.807) is 31.2 Å². The molecule has 23 heavy (non-hydrogen) atoms. The summed E-state index contributed by atoms with van der Waals surface area (Å²) in [6, 6.07) is 6.44. The molecule has 0 saturated heterocycles. The second kappa shape index (κ2) is 7.76. The van der Waals surface area contributed by atoms with Crippen molar-refractivity contribution in [1.82, 2.24) is 4.90 Å². The molecule has 0 aliphatic rings. The van der Waals surface area contributed by atoms with E-state index in [-0.39, 0.29) is 17.9 Å². The molecule has 0 unspecified atom stereocenters. The lowest BCUT2D eigenvalue weighted by molar-refractivity contribution is -0.146. The van der Waals surface area contributed by atoms with E-state index in [0.717, 1.165) is 0 Å². The Bertz CT molecular complexity index is 591. The van der Waals surface area contributed by atoms with E-state index in [1.807, 2.05) is 27.7 Å². The molecule has 126 valence electrons. The van der Waals surface area contributed by atoms with Crippen molar-refractivity contribution in [2.24, 2.45) is 0 Å². The molecule has 1 rings (SSSR count). The first-order chi connectivity index (χ1) is 10.7. The Hall–Kier alpha value is -2.37. The molecule has 0 atom stereocenters. The van der Waals surface area contributed by atoms with Crippen LogP contribution < -0.4 is 5.32 Å². The van der Waals surface area contributed by atoms with Crippen molar-refractivity contribution in [2.75, 3.05) is 18.5 Å². The third-order valence-corrected chi connectivity index (χ3v) is 3.24. The number of esters is 1. The molecule has 2 amide bonds. The molecule has 1 N–H and O–H groups in total. The van der Waals surface area contributed by atoms with Crippen LogP contribution in [0, 0.1) is 0 Å². The fraction of sp³-hybridized carbons (Fsp3) is 0.471. The number of nitrogens with zero attached hydrogens (tertiary/aromatic N) is 1. The Morgan fingerprint density at radius 3 is 2.26 bits per heavy atom. The van der Waals surface area contributed by atoms with Crippen LogP contribution in [0.25, 0.3) is 0 Å². The maximum Gasteiger partial charge on any atom is 0.340 e. The molecule has 0 fully saturated rings. The highest BCUT2D eigenvalue weighted by atomic mass is 16.5. The number of ether oxygens (including phenoxy) is 1. The summed E-state index contributed by atoms with van der Waals surface area (Å²) in [5.74, 6) is -1.96. The standard InChI is InChI=1S/C17H24N2O4/c1-6-19(17(3,4)5)15(21)14(20)18-13-11-9-8-10-12(13)16(22)23-7-2/h8-11H,6-7H2,1-5H3,(H,18,20). The van der Waals surface area contributed by atoms with Gasteiger partial charge in [-0.1, -0.05) is 12.1 Å². The summed E-state index contributed by atoms with van der Waals surface area (Å²) in [7, 11) is 0. The second-order valence-corrected chi connectivity index (χ2v) is 5.94. The maximum absolute atomic E-state index is 12.3. The monoisotopic (exact) mass is 320 g/mol. The first-order valence-electron chi connectivity index (χ1n) is 7.61. The number of para-hydroxylation sites is 1. The minimum absolute atomic E-state index is 0.217. The Morgan fingerprint density at radius 2 is 1.74 bits per heavy atom. The SMILES string of the molecule is CCOC(=O)c1ccccc1NC(=O)C(=O)N(CC)C(C)(C)C.